The molecule has 1 rings (SSSR count). The maximum Gasteiger partial charge on any atom is 0.0470 e. The van der Waals surface area contributed by atoms with Crippen LogP contribution in [0.5, 0.6) is 0 Å². The standard InChI is InChI=1S/C10H12Cl2/c1-7-4-3-5-9(10(7)12)8(2)6-11/h3-5,8H,6H2,1-2H3. The van der Waals surface area contributed by atoms with Crippen LogP contribution in [-0.4, -0.2) is 5.88 Å². The van der Waals surface area contributed by atoms with Gasteiger partial charge in [-0.1, -0.05) is 36.7 Å². The molecular formula is C10H12Cl2. The largest absolute Gasteiger partial charge is 0.126 e. The van der Waals surface area contributed by atoms with Crippen LogP contribution in [0.4, 0.5) is 0 Å². The Labute approximate surface area is 83.5 Å². The summed E-state index contributed by atoms with van der Waals surface area (Å²) in [6.07, 6.45) is 0. The summed E-state index contributed by atoms with van der Waals surface area (Å²) < 4.78 is 0. The fraction of sp³-hybridized carbons (Fsp3) is 0.400. The third kappa shape index (κ3) is 1.94. The monoisotopic (exact) mass is 202 g/mol. The van der Waals surface area contributed by atoms with E-state index in [1.165, 1.54) is 0 Å². The zero-order valence-corrected chi connectivity index (χ0v) is 8.78. The molecule has 66 valence electrons. The molecule has 0 fully saturated rings. The lowest BCUT2D eigenvalue weighted by atomic mass is 10.0. The lowest BCUT2D eigenvalue weighted by molar-refractivity contribution is 0.874. The normalized spacial score (nSPS) is 13.0. The molecule has 0 saturated heterocycles. The van der Waals surface area contributed by atoms with Crippen molar-refractivity contribution < 1.29 is 0 Å². The first-order valence-electron chi connectivity index (χ1n) is 3.97. The van der Waals surface area contributed by atoms with Crippen LogP contribution in [0, 0.1) is 6.92 Å². The fourth-order valence-corrected chi connectivity index (χ4v) is 1.61. The minimum Gasteiger partial charge on any atom is -0.126 e. The quantitative estimate of drug-likeness (QED) is 0.637. The van der Waals surface area contributed by atoms with Gasteiger partial charge in [-0.3, -0.25) is 0 Å². The van der Waals surface area contributed by atoms with Crippen molar-refractivity contribution in [3.05, 3.63) is 34.3 Å². The van der Waals surface area contributed by atoms with E-state index in [1.807, 2.05) is 25.1 Å². The third-order valence-electron chi connectivity index (χ3n) is 1.98. The van der Waals surface area contributed by atoms with E-state index in [0.29, 0.717) is 11.8 Å². The maximum absolute atomic E-state index is 6.11. The van der Waals surface area contributed by atoms with Gasteiger partial charge in [-0.05, 0) is 24.0 Å². The van der Waals surface area contributed by atoms with Crippen LogP contribution in [0.25, 0.3) is 0 Å². The molecule has 0 aromatic heterocycles. The van der Waals surface area contributed by atoms with E-state index in [0.717, 1.165) is 16.1 Å². The molecule has 0 amide bonds. The molecule has 0 aliphatic heterocycles. The first-order chi connectivity index (χ1) is 5.66. The molecule has 0 saturated carbocycles. The van der Waals surface area contributed by atoms with Gasteiger partial charge in [0.25, 0.3) is 0 Å². The van der Waals surface area contributed by atoms with E-state index < -0.39 is 0 Å². The van der Waals surface area contributed by atoms with Gasteiger partial charge in [-0.2, -0.15) is 0 Å². The number of halogens is 2. The van der Waals surface area contributed by atoms with Crippen LogP contribution in [-0.2, 0) is 0 Å². The molecule has 2 heteroatoms. The topological polar surface area (TPSA) is 0 Å². The Morgan fingerprint density at radius 2 is 2.08 bits per heavy atom. The van der Waals surface area contributed by atoms with Gasteiger partial charge in [-0.15, -0.1) is 11.6 Å². The molecule has 1 aromatic rings. The summed E-state index contributed by atoms with van der Waals surface area (Å²) in [5.41, 5.74) is 2.26. The molecule has 1 aromatic carbocycles. The molecule has 12 heavy (non-hydrogen) atoms. The SMILES string of the molecule is Cc1cccc(C(C)CCl)c1Cl. The van der Waals surface area contributed by atoms with Gasteiger partial charge >= 0.3 is 0 Å². The third-order valence-corrected chi connectivity index (χ3v) is 2.96. The number of rotatable bonds is 2. The van der Waals surface area contributed by atoms with E-state index in [-0.39, 0.29) is 0 Å². The first-order valence-corrected chi connectivity index (χ1v) is 4.89. The second-order valence-electron chi connectivity index (χ2n) is 3.03. The van der Waals surface area contributed by atoms with Gasteiger partial charge in [0.05, 0.1) is 0 Å². The molecule has 0 aliphatic carbocycles. The summed E-state index contributed by atoms with van der Waals surface area (Å²) in [6, 6.07) is 6.05. The first kappa shape index (κ1) is 9.88. The highest BCUT2D eigenvalue weighted by Gasteiger charge is 2.08. The lowest BCUT2D eigenvalue weighted by Crippen LogP contribution is -1.96. The fourth-order valence-electron chi connectivity index (χ4n) is 1.13. The highest BCUT2D eigenvalue weighted by atomic mass is 35.5. The summed E-state index contributed by atoms with van der Waals surface area (Å²) in [7, 11) is 0. The molecule has 0 heterocycles. The Kier molecular flexibility index (Phi) is 3.42. The summed E-state index contributed by atoms with van der Waals surface area (Å²) in [5.74, 6) is 0.947. The highest BCUT2D eigenvalue weighted by molar-refractivity contribution is 6.32. The van der Waals surface area contributed by atoms with Crippen LogP contribution in [0.3, 0.4) is 0 Å². The molecule has 0 spiro atoms. The number of alkyl halides is 1. The number of aryl methyl sites for hydroxylation is 1. The van der Waals surface area contributed by atoms with Gasteiger partial charge in [-0.25, -0.2) is 0 Å². The van der Waals surface area contributed by atoms with Crippen molar-refractivity contribution >= 4 is 23.2 Å². The molecule has 1 unspecified atom stereocenters. The van der Waals surface area contributed by atoms with E-state index in [9.17, 15) is 0 Å². The minimum absolute atomic E-state index is 0.332. The summed E-state index contributed by atoms with van der Waals surface area (Å²) in [6.45, 7) is 4.08. The second-order valence-corrected chi connectivity index (χ2v) is 3.72. The van der Waals surface area contributed by atoms with Crippen molar-refractivity contribution in [3.8, 4) is 0 Å². The lowest BCUT2D eigenvalue weighted by Gasteiger charge is -2.11. The van der Waals surface area contributed by atoms with Crippen molar-refractivity contribution in [1.29, 1.82) is 0 Å². The van der Waals surface area contributed by atoms with Crippen LogP contribution < -0.4 is 0 Å². The zero-order chi connectivity index (χ0) is 9.14. The molecule has 0 nitrogen and oxygen atoms in total. The van der Waals surface area contributed by atoms with Gasteiger partial charge in [0.2, 0.25) is 0 Å². The van der Waals surface area contributed by atoms with Crippen molar-refractivity contribution in [2.45, 2.75) is 19.8 Å². The van der Waals surface area contributed by atoms with Crippen LogP contribution in [0.2, 0.25) is 5.02 Å². The Hall–Kier alpha value is -0.200. The predicted octanol–water partition coefficient (Wildman–Crippen LogP) is 3.99. The molecule has 0 N–H and O–H groups in total. The summed E-state index contributed by atoms with van der Waals surface area (Å²) >= 11 is 11.9. The van der Waals surface area contributed by atoms with Gasteiger partial charge in [0, 0.05) is 10.9 Å². The number of hydrogen-bond donors (Lipinski definition) is 0. The van der Waals surface area contributed by atoms with E-state index >= 15 is 0 Å². The Bertz CT molecular complexity index is 269. The van der Waals surface area contributed by atoms with Crippen LogP contribution in [0.15, 0.2) is 18.2 Å². The summed E-state index contributed by atoms with van der Waals surface area (Å²) in [4.78, 5) is 0. The Morgan fingerprint density at radius 1 is 1.42 bits per heavy atom. The van der Waals surface area contributed by atoms with Crippen molar-refractivity contribution in [2.24, 2.45) is 0 Å². The molecule has 1 atom stereocenters. The van der Waals surface area contributed by atoms with Gasteiger partial charge in [0.1, 0.15) is 0 Å². The maximum atomic E-state index is 6.11. The molecule has 0 aliphatic rings. The van der Waals surface area contributed by atoms with Crippen molar-refractivity contribution in [3.63, 3.8) is 0 Å². The van der Waals surface area contributed by atoms with Crippen molar-refractivity contribution in [2.75, 3.05) is 5.88 Å². The predicted molar refractivity (Wildman–Crippen MR) is 55.3 cm³/mol. The highest BCUT2D eigenvalue weighted by Crippen LogP contribution is 2.27. The molecular weight excluding hydrogens is 191 g/mol. The molecule has 0 radical (unpaired) electrons. The Morgan fingerprint density at radius 3 is 2.67 bits per heavy atom. The zero-order valence-electron chi connectivity index (χ0n) is 7.27. The van der Waals surface area contributed by atoms with Crippen LogP contribution >= 0.6 is 23.2 Å². The average Bonchev–Trinajstić information content (AvgIpc) is 2.08. The van der Waals surface area contributed by atoms with E-state index in [2.05, 4.69) is 6.92 Å². The smallest absolute Gasteiger partial charge is 0.0470 e. The van der Waals surface area contributed by atoms with E-state index in [4.69, 9.17) is 23.2 Å². The number of benzene rings is 1. The average molecular weight is 203 g/mol. The van der Waals surface area contributed by atoms with Crippen LogP contribution in [0.1, 0.15) is 24.0 Å². The van der Waals surface area contributed by atoms with Gasteiger partial charge < -0.3 is 0 Å². The Balaban J connectivity index is 3.07. The summed E-state index contributed by atoms with van der Waals surface area (Å²) in [5, 5.41) is 0.852. The van der Waals surface area contributed by atoms with Gasteiger partial charge in [0.15, 0.2) is 0 Å². The minimum atomic E-state index is 0.332. The molecule has 0 bridgehead atoms. The number of hydrogen-bond acceptors (Lipinski definition) is 0. The van der Waals surface area contributed by atoms with Crippen molar-refractivity contribution in [1.82, 2.24) is 0 Å². The second kappa shape index (κ2) is 4.15. The van der Waals surface area contributed by atoms with E-state index in [1.54, 1.807) is 0 Å².